The molecule has 2 rings (SSSR count). The van der Waals surface area contributed by atoms with Crippen LogP contribution in [0.4, 0.5) is 0 Å². The molecule has 0 spiro atoms. The van der Waals surface area contributed by atoms with Gasteiger partial charge in [0.25, 0.3) is 11.8 Å². The summed E-state index contributed by atoms with van der Waals surface area (Å²) in [5, 5.41) is 0. The fraction of sp³-hybridized carbons (Fsp3) is 0.565. The van der Waals surface area contributed by atoms with Crippen molar-refractivity contribution in [2.24, 2.45) is 0 Å². The van der Waals surface area contributed by atoms with Crippen LogP contribution < -0.4 is 0 Å². The predicted octanol–water partition coefficient (Wildman–Crippen LogP) is 5.97. The molecule has 0 atom stereocenters. The van der Waals surface area contributed by atoms with Gasteiger partial charge in [-0.1, -0.05) is 88.6 Å². The van der Waals surface area contributed by atoms with Crippen molar-refractivity contribution in [1.82, 2.24) is 4.90 Å². The Bertz CT molecular complexity index is 663. The third kappa shape index (κ3) is 5.97. The second-order valence-corrected chi connectivity index (χ2v) is 8.51. The molecular formula is C23H33NO2S. The Morgan fingerprint density at radius 3 is 2.00 bits per heavy atom. The second-order valence-electron chi connectivity index (χ2n) is 7.24. The third-order valence-electron chi connectivity index (χ3n) is 4.99. The van der Waals surface area contributed by atoms with E-state index in [1.165, 1.54) is 55.2 Å². The van der Waals surface area contributed by atoms with Gasteiger partial charge in [0.05, 0.1) is 10.5 Å². The zero-order chi connectivity index (χ0) is 19.6. The lowest BCUT2D eigenvalue weighted by molar-refractivity contribution is -0.136. The smallest absolute Gasteiger partial charge is 0.267 e. The van der Waals surface area contributed by atoms with Gasteiger partial charge in [0.1, 0.15) is 0 Å². The molecule has 2 amide bonds. The van der Waals surface area contributed by atoms with Crippen molar-refractivity contribution in [2.75, 3.05) is 12.3 Å². The van der Waals surface area contributed by atoms with E-state index in [2.05, 4.69) is 6.92 Å². The fourth-order valence-corrected chi connectivity index (χ4v) is 4.29. The molecule has 1 aliphatic heterocycles. The van der Waals surface area contributed by atoms with Gasteiger partial charge in [-0.15, -0.1) is 11.8 Å². The highest BCUT2D eigenvalue weighted by atomic mass is 32.2. The highest BCUT2D eigenvalue weighted by Crippen LogP contribution is 2.36. The van der Waals surface area contributed by atoms with Crippen LogP contribution in [0.15, 0.2) is 29.2 Å². The van der Waals surface area contributed by atoms with Crippen LogP contribution in [0.5, 0.6) is 0 Å². The molecule has 0 saturated carbocycles. The first-order valence-corrected chi connectivity index (χ1v) is 11.4. The quantitative estimate of drug-likeness (QED) is 0.327. The average Bonchev–Trinajstić information content (AvgIpc) is 2.89. The van der Waals surface area contributed by atoms with Crippen LogP contribution in [-0.4, -0.2) is 29.0 Å². The minimum Gasteiger partial charge on any atom is -0.274 e. The Morgan fingerprint density at radius 2 is 1.41 bits per heavy atom. The molecule has 1 aromatic carbocycles. The van der Waals surface area contributed by atoms with Gasteiger partial charge >= 0.3 is 0 Å². The molecule has 0 unspecified atom stereocenters. The number of rotatable bonds is 12. The number of benzene rings is 1. The van der Waals surface area contributed by atoms with Gasteiger partial charge in [0.15, 0.2) is 0 Å². The second kappa shape index (κ2) is 11.3. The molecule has 1 heterocycles. The van der Waals surface area contributed by atoms with E-state index in [0.717, 1.165) is 29.7 Å². The maximum atomic E-state index is 13.0. The van der Waals surface area contributed by atoms with Crippen LogP contribution in [0.2, 0.25) is 0 Å². The topological polar surface area (TPSA) is 37.4 Å². The number of hydrogen-bond acceptors (Lipinski definition) is 3. The molecule has 0 radical (unpaired) electrons. The van der Waals surface area contributed by atoms with Crippen molar-refractivity contribution >= 4 is 29.1 Å². The first-order chi connectivity index (χ1) is 13.1. The van der Waals surface area contributed by atoms with Crippen LogP contribution >= 0.6 is 11.8 Å². The van der Waals surface area contributed by atoms with E-state index in [9.17, 15) is 9.59 Å². The Balaban J connectivity index is 1.93. The van der Waals surface area contributed by atoms with Crippen molar-refractivity contribution in [3.63, 3.8) is 0 Å². The Kier molecular flexibility index (Phi) is 9.12. The normalized spacial score (nSPS) is 14.6. The summed E-state index contributed by atoms with van der Waals surface area (Å²) in [5.74, 6) is 0.558. The molecule has 0 saturated heterocycles. The number of aryl methyl sites for hydroxylation is 1. The zero-order valence-corrected chi connectivity index (χ0v) is 17.9. The molecular weight excluding hydrogens is 354 g/mol. The maximum Gasteiger partial charge on any atom is 0.267 e. The number of amides is 2. The molecule has 0 fully saturated rings. The van der Waals surface area contributed by atoms with E-state index in [0.29, 0.717) is 17.0 Å². The van der Waals surface area contributed by atoms with E-state index in [-0.39, 0.29) is 11.8 Å². The van der Waals surface area contributed by atoms with E-state index in [1.807, 2.05) is 38.1 Å². The Hall–Kier alpha value is -1.55. The van der Waals surface area contributed by atoms with Crippen LogP contribution in [0, 0.1) is 6.92 Å². The van der Waals surface area contributed by atoms with Crippen LogP contribution in [-0.2, 0) is 9.59 Å². The van der Waals surface area contributed by atoms with E-state index in [4.69, 9.17) is 0 Å². The van der Waals surface area contributed by atoms with E-state index >= 15 is 0 Å². The Labute approximate surface area is 168 Å². The van der Waals surface area contributed by atoms with Crippen molar-refractivity contribution in [3.05, 3.63) is 40.3 Å². The largest absolute Gasteiger partial charge is 0.274 e. The van der Waals surface area contributed by atoms with Gasteiger partial charge in [-0.2, -0.15) is 0 Å². The number of hydrogen-bond donors (Lipinski definition) is 0. The third-order valence-corrected chi connectivity index (χ3v) is 5.95. The first-order valence-electron chi connectivity index (χ1n) is 10.4. The molecule has 0 bridgehead atoms. The summed E-state index contributed by atoms with van der Waals surface area (Å²) in [6.45, 7) is 6.81. The molecule has 4 heteroatoms. The molecule has 0 N–H and O–H groups in total. The van der Waals surface area contributed by atoms with Gasteiger partial charge in [-0.3, -0.25) is 14.5 Å². The summed E-state index contributed by atoms with van der Waals surface area (Å²) in [6, 6.07) is 7.89. The summed E-state index contributed by atoms with van der Waals surface area (Å²) in [5.41, 5.74) is 2.59. The zero-order valence-electron chi connectivity index (χ0n) is 17.1. The van der Waals surface area contributed by atoms with Crippen molar-refractivity contribution in [3.8, 4) is 0 Å². The molecule has 0 aliphatic carbocycles. The molecule has 27 heavy (non-hydrogen) atoms. The van der Waals surface area contributed by atoms with Crippen molar-refractivity contribution in [1.29, 1.82) is 0 Å². The standard InChI is InChI=1S/C23H33NO2S/c1-4-6-7-8-9-10-11-12-17-24-22(25)20(21(23(24)26)27-5-2)19-15-13-18(3)14-16-19/h13-16H,4-12,17H2,1-3H3. The van der Waals surface area contributed by atoms with E-state index < -0.39 is 0 Å². The average molecular weight is 388 g/mol. The lowest BCUT2D eigenvalue weighted by atomic mass is 10.0. The summed E-state index contributed by atoms with van der Waals surface area (Å²) >= 11 is 1.48. The number of carbonyl (C=O) groups is 2. The number of imide groups is 1. The minimum atomic E-state index is -0.122. The monoisotopic (exact) mass is 387 g/mol. The number of nitrogens with zero attached hydrogens (tertiary/aromatic N) is 1. The lowest BCUT2D eigenvalue weighted by Crippen LogP contribution is -2.32. The molecule has 1 aromatic rings. The van der Waals surface area contributed by atoms with Crippen molar-refractivity contribution in [2.45, 2.75) is 72.1 Å². The maximum absolute atomic E-state index is 13.0. The number of unbranched alkanes of at least 4 members (excludes halogenated alkanes) is 7. The fourth-order valence-electron chi connectivity index (χ4n) is 3.41. The SMILES string of the molecule is CCCCCCCCCCN1C(=O)C(SCC)=C(c2ccc(C)cc2)C1=O. The predicted molar refractivity (Wildman–Crippen MR) is 116 cm³/mol. The van der Waals surface area contributed by atoms with Gasteiger partial charge in [0.2, 0.25) is 0 Å². The number of thioether (sulfide) groups is 1. The summed E-state index contributed by atoms with van der Waals surface area (Å²) in [4.78, 5) is 27.9. The van der Waals surface area contributed by atoms with Crippen LogP contribution in [0.3, 0.4) is 0 Å². The van der Waals surface area contributed by atoms with Gasteiger partial charge in [0, 0.05) is 6.54 Å². The summed E-state index contributed by atoms with van der Waals surface area (Å²) in [7, 11) is 0. The number of carbonyl (C=O) groups excluding carboxylic acids is 2. The summed E-state index contributed by atoms with van der Waals surface area (Å²) in [6.07, 6.45) is 9.64. The van der Waals surface area contributed by atoms with E-state index in [1.54, 1.807) is 0 Å². The molecule has 0 aromatic heterocycles. The molecule has 1 aliphatic rings. The Morgan fingerprint density at radius 1 is 0.815 bits per heavy atom. The van der Waals surface area contributed by atoms with Crippen LogP contribution in [0.1, 0.15) is 76.3 Å². The van der Waals surface area contributed by atoms with Gasteiger partial charge < -0.3 is 0 Å². The van der Waals surface area contributed by atoms with Crippen molar-refractivity contribution < 1.29 is 9.59 Å². The molecule has 3 nitrogen and oxygen atoms in total. The van der Waals surface area contributed by atoms with Gasteiger partial charge in [-0.05, 0) is 24.7 Å². The highest BCUT2D eigenvalue weighted by Gasteiger charge is 2.38. The first kappa shape index (κ1) is 21.7. The summed E-state index contributed by atoms with van der Waals surface area (Å²) < 4.78 is 0. The minimum absolute atomic E-state index is 0.106. The highest BCUT2D eigenvalue weighted by molar-refractivity contribution is 8.04. The van der Waals surface area contributed by atoms with Gasteiger partial charge in [-0.25, -0.2) is 0 Å². The lowest BCUT2D eigenvalue weighted by Gasteiger charge is -2.15. The molecule has 148 valence electrons. The van der Waals surface area contributed by atoms with Crippen LogP contribution in [0.25, 0.3) is 5.57 Å².